The van der Waals surface area contributed by atoms with Crippen molar-refractivity contribution >= 4 is 10.1 Å². The second-order valence-corrected chi connectivity index (χ2v) is 7.95. The van der Waals surface area contributed by atoms with Gasteiger partial charge in [-0.25, -0.2) is 9.36 Å². The van der Waals surface area contributed by atoms with Crippen molar-refractivity contribution in [2.24, 2.45) is 0 Å². The summed E-state index contributed by atoms with van der Waals surface area (Å²) in [7, 11) is -4.20. The fourth-order valence-electron chi connectivity index (χ4n) is 2.75. The van der Waals surface area contributed by atoms with Gasteiger partial charge in [-0.15, -0.1) is 0 Å². The van der Waals surface area contributed by atoms with Crippen LogP contribution in [0.1, 0.15) is 11.4 Å². The molecule has 3 N–H and O–H groups in total. The molecule has 2 heterocycles. The average Bonchev–Trinajstić information content (AvgIpc) is 3.22. The maximum absolute atomic E-state index is 11.5. The van der Waals surface area contributed by atoms with Gasteiger partial charge in [0.25, 0.3) is 21.2 Å². The summed E-state index contributed by atoms with van der Waals surface area (Å²) in [6.45, 7) is 3.60. The van der Waals surface area contributed by atoms with Crippen molar-refractivity contribution < 1.29 is 13.0 Å². The van der Waals surface area contributed by atoms with Gasteiger partial charge in [0.1, 0.15) is 0 Å². The molecular formula is C20H20N4O5S. The Balaban J connectivity index is 0.000000177. The predicted octanol–water partition coefficient (Wildman–Crippen LogP) is 2.19. The highest BCUT2D eigenvalue weighted by atomic mass is 32.2. The number of aromatic amines is 2. The zero-order chi connectivity index (χ0) is 21.9. The Kier molecular flexibility index (Phi) is 5.90. The van der Waals surface area contributed by atoms with Crippen molar-refractivity contribution in [3.8, 4) is 11.4 Å². The fraction of sp³-hybridized carbons (Fsp3) is 0.100. The molecule has 0 saturated heterocycles. The number of nitrogens with one attached hydrogen (secondary N) is 2. The minimum absolute atomic E-state index is 0.0244. The molecule has 0 fully saturated rings. The number of benzene rings is 2. The monoisotopic (exact) mass is 428 g/mol. The third-order valence-electron chi connectivity index (χ3n) is 4.10. The van der Waals surface area contributed by atoms with Crippen LogP contribution in [0.15, 0.2) is 81.2 Å². The van der Waals surface area contributed by atoms with Gasteiger partial charge in [0, 0.05) is 23.5 Å². The number of H-pyrrole nitrogens is 2. The van der Waals surface area contributed by atoms with Gasteiger partial charge < -0.3 is 0 Å². The molecule has 4 aromatic rings. The van der Waals surface area contributed by atoms with Gasteiger partial charge in [-0.05, 0) is 50.2 Å². The SMILES string of the molecule is Cc1cc(=O)n(-c2ccc(S(=O)(=O)O)cc2)[nH]1.Cc1cc(=O)n(-c2ccccc2)[nH]1. The summed E-state index contributed by atoms with van der Waals surface area (Å²) in [5.41, 5.74) is 2.67. The van der Waals surface area contributed by atoms with Crippen molar-refractivity contribution in [2.75, 3.05) is 0 Å². The Morgan fingerprint density at radius 2 is 1.17 bits per heavy atom. The Labute approximate surface area is 172 Å². The van der Waals surface area contributed by atoms with Crippen molar-refractivity contribution in [1.29, 1.82) is 0 Å². The van der Waals surface area contributed by atoms with Gasteiger partial charge >= 0.3 is 0 Å². The number of aromatic nitrogens is 4. The number of para-hydroxylation sites is 1. The predicted molar refractivity (Wildman–Crippen MR) is 112 cm³/mol. The van der Waals surface area contributed by atoms with E-state index in [2.05, 4.69) is 10.2 Å². The highest BCUT2D eigenvalue weighted by Gasteiger charge is 2.09. The van der Waals surface area contributed by atoms with Gasteiger partial charge in [0.15, 0.2) is 0 Å². The van der Waals surface area contributed by atoms with Gasteiger partial charge in [0.05, 0.1) is 16.3 Å². The molecule has 0 unspecified atom stereocenters. The highest BCUT2D eigenvalue weighted by Crippen LogP contribution is 2.11. The second-order valence-electron chi connectivity index (χ2n) is 6.53. The topological polar surface area (TPSA) is 130 Å². The van der Waals surface area contributed by atoms with Crippen LogP contribution < -0.4 is 11.1 Å². The van der Waals surface area contributed by atoms with Crippen LogP contribution in [0.5, 0.6) is 0 Å². The lowest BCUT2D eigenvalue weighted by Crippen LogP contribution is -2.13. The van der Waals surface area contributed by atoms with Crippen LogP contribution >= 0.6 is 0 Å². The van der Waals surface area contributed by atoms with Crippen LogP contribution in [0.3, 0.4) is 0 Å². The van der Waals surface area contributed by atoms with E-state index in [1.54, 1.807) is 13.0 Å². The van der Waals surface area contributed by atoms with E-state index in [9.17, 15) is 18.0 Å². The van der Waals surface area contributed by atoms with E-state index in [4.69, 9.17) is 4.55 Å². The molecule has 0 spiro atoms. The minimum atomic E-state index is -4.20. The van der Waals surface area contributed by atoms with E-state index in [0.717, 1.165) is 11.4 Å². The maximum atomic E-state index is 11.5. The maximum Gasteiger partial charge on any atom is 0.294 e. The molecule has 2 aromatic carbocycles. The molecule has 9 nitrogen and oxygen atoms in total. The number of rotatable bonds is 3. The first kappa shape index (κ1) is 21.1. The zero-order valence-corrected chi connectivity index (χ0v) is 17.1. The molecule has 2 aromatic heterocycles. The molecule has 0 amide bonds. The van der Waals surface area contributed by atoms with Crippen LogP contribution in [0.25, 0.3) is 11.4 Å². The lowest BCUT2D eigenvalue weighted by molar-refractivity contribution is 0.483. The molecule has 0 saturated carbocycles. The lowest BCUT2D eigenvalue weighted by atomic mass is 10.3. The molecule has 30 heavy (non-hydrogen) atoms. The number of nitrogens with zero attached hydrogens (tertiary/aromatic N) is 2. The van der Waals surface area contributed by atoms with E-state index < -0.39 is 10.1 Å². The van der Waals surface area contributed by atoms with E-state index in [1.807, 2.05) is 37.3 Å². The summed E-state index contributed by atoms with van der Waals surface area (Å²) in [6, 6.07) is 17.8. The van der Waals surface area contributed by atoms with Crippen molar-refractivity contribution in [3.63, 3.8) is 0 Å². The molecule has 0 aliphatic carbocycles. The van der Waals surface area contributed by atoms with Crippen LogP contribution in [0.2, 0.25) is 0 Å². The largest absolute Gasteiger partial charge is 0.295 e. The number of hydrogen-bond donors (Lipinski definition) is 3. The van der Waals surface area contributed by atoms with E-state index in [1.165, 1.54) is 39.7 Å². The zero-order valence-electron chi connectivity index (χ0n) is 16.2. The summed E-state index contributed by atoms with van der Waals surface area (Å²) in [4.78, 5) is 22.6. The van der Waals surface area contributed by atoms with Gasteiger partial charge in [-0.3, -0.25) is 24.3 Å². The summed E-state index contributed by atoms with van der Waals surface area (Å²) >= 11 is 0. The van der Waals surface area contributed by atoms with E-state index in [0.29, 0.717) is 11.4 Å². The van der Waals surface area contributed by atoms with Crippen LogP contribution in [-0.4, -0.2) is 32.5 Å². The second kappa shape index (κ2) is 8.39. The average molecular weight is 428 g/mol. The standard InChI is InChI=1S/C10H10N2O4S.C10H10N2O/c1-7-6-10(13)12(11-7)8-2-4-9(5-3-8)17(14,15)16;1-8-7-10(13)12(11-8)9-5-3-2-4-6-9/h2-6,11H,1H3,(H,14,15,16);2-7,11H,1H3. The van der Waals surface area contributed by atoms with Gasteiger partial charge in [-0.2, -0.15) is 8.42 Å². The first-order chi connectivity index (χ1) is 14.1. The molecule has 0 bridgehead atoms. The molecule has 4 rings (SSSR count). The van der Waals surface area contributed by atoms with Crippen molar-refractivity contribution in [3.05, 3.63) is 98.8 Å². The number of aryl methyl sites for hydroxylation is 2. The quantitative estimate of drug-likeness (QED) is 0.431. The third kappa shape index (κ3) is 4.85. The molecule has 0 aliphatic heterocycles. The first-order valence-corrected chi connectivity index (χ1v) is 10.3. The molecule has 10 heteroatoms. The van der Waals surface area contributed by atoms with Crippen LogP contribution in [0.4, 0.5) is 0 Å². The lowest BCUT2D eigenvalue weighted by Gasteiger charge is -2.02. The highest BCUT2D eigenvalue weighted by molar-refractivity contribution is 7.85. The molecular weight excluding hydrogens is 408 g/mol. The van der Waals surface area contributed by atoms with E-state index in [-0.39, 0.29) is 16.0 Å². The smallest absolute Gasteiger partial charge is 0.294 e. The van der Waals surface area contributed by atoms with Crippen LogP contribution in [-0.2, 0) is 10.1 Å². The summed E-state index contributed by atoms with van der Waals surface area (Å²) in [5, 5.41) is 5.78. The van der Waals surface area contributed by atoms with Gasteiger partial charge in [0.2, 0.25) is 0 Å². The molecule has 0 atom stereocenters. The molecule has 156 valence electrons. The summed E-state index contributed by atoms with van der Waals surface area (Å²) < 4.78 is 33.3. The van der Waals surface area contributed by atoms with E-state index >= 15 is 0 Å². The number of hydrogen-bond acceptors (Lipinski definition) is 4. The Bertz CT molecular complexity index is 1360. The van der Waals surface area contributed by atoms with Crippen molar-refractivity contribution in [1.82, 2.24) is 19.6 Å². The molecule has 0 aliphatic rings. The fourth-order valence-corrected chi connectivity index (χ4v) is 3.23. The van der Waals surface area contributed by atoms with Crippen LogP contribution in [0, 0.1) is 13.8 Å². The van der Waals surface area contributed by atoms with Crippen molar-refractivity contribution in [2.45, 2.75) is 18.7 Å². The summed E-state index contributed by atoms with van der Waals surface area (Å²) in [6.07, 6.45) is 0. The summed E-state index contributed by atoms with van der Waals surface area (Å²) in [5.74, 6) is 0. The third-order valence-corrected chi connectivity index (χ3v) is 4.97. The Morgan fingerprint density at radius 3 is 1.53 bits per heavy atom. The Hall–Kier alpha value is -3.63. The Morgan fingerprint density at radius 1 is 0.733 bits per heavy atom. The minimum Gasteiger partial charge on any atom is -0.295 e. The first-order valence-electron chi connectivity index (χ1n) is 8.86. The van der Waals surface area contributed by atoms with Gasteiger partial charge in [-0.1, -0.05) is 18.2 Å². The molecule has 0 radical (unpaired) electrons. The normalized spacial score (nSPS) is 11.0.